The average Bonchev–Trinajstić information content (AvgIpc) is 2.53. The lowest BCUT2D eigenvalue weighted by Gasteiger charge is -2.12. The van der Waals surface area contributed by atoms with Crippen LogP contribution in [0.1, 0.15) is 13.3 Å². The number of aromatic nitrogens is 1. The van der Waals surface area contributed by atoms with Gasteiger partial charge in [-0.1, -0.05) is 37.3 Å². The molecule has 0 amide bonds. The van der Waals surface area contributed by atoms with Crippen molar-refractivity contribution in [3.63, 3.8) is 0 Å². The van der Waals surface area contributed by atoms with Gasteiger partial charge < -0.3 is 11.1 Å². The second-order valence-corrected chi connectivity index (χ2v) is 5.12. The number of nitrogens with zero attached hydrogens (tertiary/aromatic N) is 1. The van der Waals surface area contributed by atoms with Crippen molar-refractivity contribution in [2.24, 2.45) is 0 Å². The summed E-state index contributed by atoms with van der Waals surface area (Å²) in [6.07, 6.45) is 1.08. The van der Waals surface area contributed by atoms with Gasteiger partial charge in [0.1, 0.15) is 0 Å². The van der Waals surface area contributed by atoms with Gasteiger partial charge in [-0.2, -0.15) is 0 Å². The molecule has 0 aliphatic carbocycles. The van der Waals surface area contributed by atoms with E-state index in [0.29, 0.717) is 0 Å². The number of hydrogen-bond acceptors (Lipinski definition) is 3. The van der Waals surface area contributed by atoms with Crippen LogP contribution in [-0.2, 0) is 0 Å². The molecule has 3 heteroatoms. The summed E-state index contributed by atoms with van der Waals surface area (Å²) in [5.41, 5.74) is 10.8. The van der Waals surface area contributed by atoms with Crippen molar-refractivity contribution in [3.8, 4) is 11.3 Å². The van der Waals surface area contributed by atoms with E-state index in [1.54, 1.807) is 0 Å². The van der Waals surface area contributed by atoms with Crippen LogP contribution >= 0.6 is 0 Å². The lowest BCUT2D eigenvalue weighted by Crippen LogP contribution is -2.02. The van der Waals surface area contributed by atoms with Gasteiger partial charge in [0.05, 0.1) is 11.2 Å². The van der Waals surface area contributed by atoms with E-state index in [4.69, 9.17) is 10.7 Å². The molecule has 0 aliphatic rings. The molecule has 0 atom stereocenters. The van der Waals surface area contributed by atoms with E-state index in [-0.39, 0.29) is 0 Å². The molecule has 0 unspecified atom stereocenters. The minimum atomic E-state index is 0.760. The third-order valence-electron chi connectivity index (χ3n) is 3.47. The molecule has 1 aromatic heterocycles. The lowest BCUT2D eigenvalue weighted by atomic mass is 10.1. The Hall–Kier alpha value is -2.55. The second kappa shape index (κ2) is 5.83. The third kappa shape index (κ3) is 2.82. The first-order chi connectivity index (χ1) is 10.3. The number of nitrogens with one attached hydrogen (secondary N) is 1. The van der Waals surface area contributed by atoms with Crippen LogP contribution in [0.4, 0.5) is 11.4 Å². The molecule has 0 saturated heterocycles. The fraction of sp³-hybridized carbons (Fsp3) is 0.167. The summed E-state index contributed by atoms with van der Waals surface area (Å²) in [7, 11) is 0. The number of fused-ring (bicyclic) bond motifs is 1. The highest BCUT2D eigenvalue weighted by molar-refractivity contribution is 5.95. The third-order valence-corrected chi connectivity index (χ3v) is 3.47. The van der Waals surface area contributed by atoms with Crippen LogP contribution in [0.15, 0.2) is 54.6 Å². The molecule has 0 aliphatic heterocycles. The van der Waals surface area contributed by atoms with Crippen molar-refractivity contribution in [2.75, 3.05) is 17.6 Å². The largest absolute Gasteiger partial charge is 0.399 e. The molecular formula is C18H19N3. The standard InChI is InChI=1S/C18H19N3/c1-2-10-20-18-12-17(13-6-4-3-5-7-13)21-16-9-8-14(19)11-15(16)18/h3-9,11-12H,2,10,19H2,1H3,(H,20,21). The zero-order valence-corrected chi connectivity index (χ0v) is 12.1. The molecule has 106 valence electrons. The zero-order chi connectivity index (χ0) is 14.7. The molecule has 3 rings (SSSR count). The van der Waals surface area contributed by atoms with Gasteiger partial charge in [0.15, 0.2) is 0 Å². The highest BCUT2D eigenvalue weighted by Gasteiger charge is 2.07. The highest BCUT2D eigenvalue weighted by atomic mass is 14.9. The Morgan fingerprint density at radius 1 is 1.05 bits per heavy atom. The number of pyridine rings is 1. The quantitative estimate of drug-likeness (QED) is 0.699. The maximum Gasteiger partial charge on any atom is 0.0731 e. The Bertz CT molecular complexity index is 751. The summed E-state index contributed by atoms with van der Waals surface area (Å²) in [5.74, 6) is 0. The van der Waals surface area contributed by atoms with Gasteiger partial charge in [0.25, 0.3) is 0 Å². The van der Waals surface area contributed by atoms with E-state index in [1.165, 1.54) is 0 Å². The predicted octanol–water partition coefficient (Wildman–Crippen LogP) is 4.31. The van der Waals surface area contributed by atoms with Crippen molar-refractivity contribution in [1.82, 2.24) is 4.98 Å². The maximum absolute atomic E-state index is 5.92. The highest BCUT2D eigenvalue weighted by Crippen LogP contribution is 2.29. The lowest BCUT2D eigenvalue weighted by molar-refractivity contribution is 0.981. The average molecular weight is 277 g/mol. The van der Waals surface area contributed by atoms with Crippen molar-refractivity contribution < 1.29 is 0 Å². The normalized spacial score (nSPS) is 10.7. The van der Waals surface area contributed by atoms with Gasteiger partial charge in [-0.15, -0.1) is 0 Å². The molecule has 1 heterocycles. The first-order valence-electron chi connectivity index (χ1n) is 7.27. The summed E-state index contributed by atoms with van der Waals surface area (Å²) in [6.45, 7) is 3.09. The first-order valence-corrected chi connectivity index (χ1v) is 7.27. The Balaban J connectivity index is 2.17. The van der Waals surface area contributed by atoms with Gasteiger partial charge in [-0.25, -0.2) is 4.98 Å². The van der Waals surface area contributed by atoms with Crippen molar-refractivity contribution >= 4 is 22.3 Å². The molecule has 21 heavy (non-hydrogen) atoms. The zero-order valence-electron chi connectivity index (χ0n) is 12.1. The van der Waals surface area contributed by atoms with Crippen LogP contribution in [0.2, 0.25) is 0 Å². The van der Waals surface area contributed by atoms with Crippen LogP contribution in [0.3, 0.4) is 0 Å². The van der Waals surface area contributed by atoms with E-state index < -0.39 is 0 Å². The second-order valence-electron chi connectivity index (χ2n) is 5.12. The SMILES string of the molecule is CCCNc1cc(-c2ccccc2)nc2ccc(N)cc12. The summed E-state index contributed by atoms with van der Waals surface area (Å²) in [4.78, 5) is 4.76. The maximum atomic E-state index is 5.92. The number of benzene rings is 2. The Morgan fingerprint density at radius 3 is 2.62 bits per heavy atom. The fourth-order valence-corrected chi connectivity index (χ4v) is 2.41. The Labute approximate surface area is 124 Å². The Kier molecular flexibility index (Phi) is 3.73. The number of rotatable bonds is 4. The summed E-state index contributed by atoms with van der Waals surface area (Å²) in [6, 6.07) is 18.2. The smallest absolute Gasteiger partial charge is 0.0731 e. The van der Waals surface area contributed by atoms with Crippen molar-refractivity contribution in [1.29, 1.82) is 0 Å². The number of nitrogens with two attached hydrogens (primary N) is 1. The predicted molar refractivity (Wildman–Crippen MR) is 90.4 cm³/mol. The molecule has 0 radical (unpaired) electrons. The fourth-order valence-electron chi connectivity index (χ4n) is 2.41. The molecule has 3 N–H and O–H groups in total. The van der Waals surface area contributed by atoms with Crippen LogP contribution in [0.5, 0.6) is 0 Å². The number of anilines is 2. The molecule has 3 nitrogen and oxygen atoms in total. The number of nitrogen functional groups attached to an aromatic ring is 1. The molecule has 2 aromatic carbocycles. The molecule has 0 bridgehead atoms. The molecular weight excluding hydrogens is 258 g/mol. The van der Waals surface area contributed by atoms with Gasteiger partial charge in [0, 0.05) is 28.9 Å². The van der Waals surface area contributed by atoms with E-state index in [9.17, 15) is 0 Å². The first kappa shape index (κ1) is 13.4. The Morgan fingerprint density at radius 2 is 1.86 bits per heavy atom. The van der Waals surface area contributed by atoms with Gasteiger partial charge in [-0.05, 0) is 30.7 Å². The summed E-state index contributed by atoms with van der Waals surface area (Å²) >= 11 is 0. The monoisotopic (exact) mass is 277 g/mol. The summed E-state index contributed by atoms with van der Waals surface area (Å²) in [5, 5.41) is 4.55. The van der Waals surface area contributed by atoms with Crippen molar-refractivity contribution in [2.45, 2.75) is 13.3 Å². The van der Waals surface area contributed by atoms with Crippen LogP contribution in [-0.4, -0.2) is 11.5 Å². The van der Waals surface area contributed by atoms with Crippen LogP contribution in [0, 0.1) is 0 Å². The van der Waals surface area contributed by atoms with Gasteiger partial charge >= 0.3 is 0 Å². The van der Waals surface area contributed by atoms with Crippen molar-refractivity contribution in [3.05, 3.63) is 54.6 Å². The van der Waals surface area contributed by atoms with E-state index in [2.05, 4.69) is 30.4 Å². The summed E-state index contributed by atoms with van der Waals surface area (Å²) < 4.78 is 0. The topological polar surface area (TPSA) is 50.9 Å². The van der Waals surface area contributed by atoms with Gasteiger partial charge in [-0.3, -0.25) is 0 Å². The van der Waals surface area contributed by atoms with Gasteiger partial charge in [0.2, 0.25) is 0 Å². The molecule has 0 spiro atoms. The van der Waals surface area contributed by atoms with Crippen LogP contribution < -0.4 is 11.1 Å². The van der Waals surface area contributed by atoms with E-state index in [1.807, 2.05) is 36.4 Å². The molecule has 0 saturated carbocycles. The minimum absolute atomic E-state index is 0.760. The minimum Gasteiger partial charge on any atom is -0.399 e. The van der Waals surface area contributed by atoms with Crippen LogP contribution in [0.25, 0.3) is 22.2 Å². The molecule has 3 aromatic rings. The molecule has 0 fully saturated rings. The van der Waals surface area contributed by atoms with E-state index >= 15 is 0 Å². The van der Waals surface area contributed by atoms with E-state index in [0.717, 1.165) is 46.5 Å². The number of hydrogen-bond donors (Lipinski definition) is 2.